The maximum Gasteiger partial charge on any atom is 0.0714 e. The number of benzene rings is 11. The summed E-state index contributed by atoms with van der Waals surface area (Å²) in [5, 5.41) is 5.39. The third-order valence-electron chi connectivity index (χ3n) is 12.4. The minimum absolute atomic E-state index is 0.109. The third kappa shape index (κ3) is 5.70. The van der Waals surface area contributed by atoms with Gasteiger partial charge in [0.25, 0.3) is 0 Å². The molecule has 62 heavy (non-hydrogen) atoms. The molecule has 1 heteroatoms. The van der Waals surface area contributed by atoms with Gasteiger partial charge in [0.15, 0.2) is 0 Å². The number of fused-ring (bicyclic) bond motifs is 7. The molecule has 12 rings (SSSR count). The van der Waals surface area contributed by atoms with Crippen LogP contribution in [0.25, 0.3) is 65.7 Å². The van der Waals surface area contributed by atoms with E-state index in [4.69, 9.17) is 0 Å². The van der Waals surface area contributed by atoms with Gasteiger partial charge < -0.3 is 4.90 Å². The number of hydrogen-bond donors (Lipinski definition) is 0. The average molecular weight is 796 g/mol. The van der Waals surface area contributed by atoms with Crippen molar-refractivity contribution < 1.29 is 11.0 Å². The Morgan fingerprint density at radius 3 is 1.74 bits per heavy atom. The van der Waals surface area contributed by atoms with E-state index in [-0.39, 0.29) is 58.8 Å². The van der Waals surface area contributed by atoms with Crippen molar-refractivity contribution in [3.05, 3.63) is 271 Å². The molecular weight excluding hydrogens is 747 g/mol. The Morgan fingerprint density at radius 2 is 0.968 bits per heavy atom. The van der Waals surface area contributed by atoms with Crippen molar-refractivity contribution in [1.82, 2.24) is 0 Å². The molecule has 0 atom stereocenters. The van der Waals surface area contributed by atoms with Crippen LogP contribution < -0.4 is 4.90 Å². The topological polar surface area (TPSA) is 3.24 Å². The minimum Gasteiger partial charge on any atom is -0.310 e. The van der Waals surface area contributed by atoms with E-state index in [1.807, 2.05) is 164 Å². The molecule has 0 spiro atoms. The standard InChI is InChI=1S/C61H41N/c1-3-20-48(21-4-1)61(49-22-5-2-6-23-49)59-29-14-13-28-56(59)57-37-36-52(41-60(57)61)62(51-24-15-19-45(39-51)46-31-30-42-16-7-8-17-44(42)38-46)50-34-32-43(33-35-50)58-40-47-18-9-10-25-53(47)54-26-11-12-27-55(54)58/h1-41H/i15D,19D,24D,32D,33D,34D,35D,39D. The summed E-state index contributed by atoms with van der Waals surface area (Å²) in [5.74, 6) is 0. The summed E-state index contributed by atoms with van der Waals surface area (Å²) in [6.45, 7) is 0. The van der Waals surface area contributed by atoms with E-state index in [1.54, 1.807) is 0 Å². The van der Waals surface area contributed by atoms with Crippen molar-refractivity contribution in [3.63, 3.8) is 0 Å². The fraction of sp³-hybridized carbons (Fsp3) is 0.0164. The van der Waals surface area contributed by atoms with E-state index in [9.17, 15) is 11.0 Å². The van der Waals surface area contributed by atoms with Gasteiger partial charge in [-0.15, -0.1) is 0 Å². The highest BCUT2D eigenvalue weighted by atomic mass is 15.1. The molecule has 0 saturated carbocycles. The first-order chi connectivity index (χ1) is 34.1. The molecule has 0 heterocycles. The van der Waals surface area contributed by atoms with Crippen LogP contribution in [0.3, 0.4) is 0 Å². The van der Waals surface area contributed by atoms with E-state index in [2.05, 4.69) is 36.4 Å². The van der Waals surface area contributed by atoms with Crippen LogP contribution in [0, 0.1) is 0 Å². The smallest absolute Gasteiger partial charge is 0.0714 e. The lowest BCUT2D eigenvalue weighted by molar-refractivity contribution is 0.768. The number of nitrogens with zero attached hydrogens (tertiary/aromatic N) is 1. The van der Waals surface area contributed by atoms with Crippen molar-refractivity contribution in [2.75, 3.05) is 4.90 Å². The van der Waals surface area contributed by atoms with Crippen molar-refractivity contribution in [1.29, 1.82) is 0 Å². The molecule has 0 fully saturated rings. The Kier molecular flexibility index (Phi) is 6.71. The molecule has 0 N–H and O–H groups in total. The van der Waals surface area contributed by atoms with Gasteiger partial charge in [0.05, 0.1) is 16.4 Å². The fourth-order valence-electron chi connectivity index (χ4n) is 9.69. The van der Waals surface area contributed by atoms with Crippen LogP contribution in [-0.2, 0) is 5.41 Å². The van der Waals surface area contributed by atoms with Gasteiger partial charge in [0, 0.05) is 17.1 Å². The molecule has 290 valence electrons. The highest BCUT2D eigenvalue weighted by Crippen LogP contribution is 2.57. The van der Waals surface area contributed by atoms with Crippen LogP contribution in [0.1, 0.15) is 33.2 Å². The summed E-state index contributed by atoms with van der Waals surface area (Å²) < 4.78 is 78.3. The Labute approximate surface area is 373 Å². The molecule has 0 saturated heterocycles. The second-order valence-electron chi connectivity index (χ2n) is 15.8. The van der Waals surface area contributed by atoms with Crippen LogP contribution in [0.4, 0.5) is 17.1 Å². The quantitative estimate of drug-likeness (QED) is 0.145. The molecule has 1 nitrogen and oxygen atoms in total. The second kappa shape index (κ2) is 14.6. The first-order valence-electron chi connectivity index (χ1n) is 24.9. The number of rotatable bonds is 7. The molecule has 1 aliphatic rings. The van der Waals surface area contributed by atoms with Gasteiger partial charge in [0.2, 0.25) is 0 Å². The lowest BCUT2D eigenvalue weighted by Crippen LogP contribution is -2.28. The largest absolute Gasteiger partial charge is 0.310 e. The number of anilines is 3. The molecule has 0 radical (unpaired) electrons. The van der Waals surface area contributed by atoms with Gasteiger partial charge in [-0.3, -0.25) is 0 Å². The predicted molar refractivity (Wildman–Crippen MR) is 262 cm³/mol. The summed E-state index contributed by atoms with van der Waals surface area (Å²) in [6.07, 6.45) is 0. The predicted octanol–water partition coefficient (Wildman–Crippen LogP) is 16.3. The zero-order valence-corrected chi connectivity index (χ0v) is 33.5. The Hall–Kier alpha value is -8.00. The van der Waals surface area contributed by atoms with Gasteiger partial charge in [-0.25, -0.2) is 0 Å². The highest BCUT2D eigenvalue weighted by Gasteiger charge is 2.46. The van der Waals surface area contributed by atoms with Crippen LogP contribution in [0.15, 0.2) is 249 Å². The van der Waals surface area contributed by atoms with Crippen LogP contribution in [0.5, 0.6) is 0 Å². The Morgan fingerprint density at radius 1 is 0.339 bits per heavy atom. The fourth-order valence-corrected chi connectivity index (χ4v) is 9.69. The second-order valence-corrected chi connectivity index (χ2v) is 15.8. The first kappa shape index (κ1) is 28.5. The van der Waals surface area contributed by atoms with E-state index < -0.39 is 17.5 Å². The molecule has 0 aliphatic heterocycles. The van der Waals surface area contributed by atoms with Crippen LogP contribution in [0.2, 0.25) is 0 Å². The lowest BCUT2D eigenvalue weighted by atomic mass is 9.67. The van der Waals surface area contributed by atoms with Crippen molar-refractivity contribution in [3.8, 4) is 33.4 Å². The van der Waals surface area contributed by atoms with E-state index in [0.717, 1.165) is 65.7 Å². The van der Waals surface area contributed by atoms with Crippen molar-refractivity contribution in [2.45, 2.75) is 5.41 Å². The summed E-state index contributed by atoms with van der Waals surface area (Å²) >= 11 is 0. The van der Waals surface area contributed by atoms with Gasteiger partial charge in [0.1, 0.15) is 0 Å². The van der Waals surface area contributed by atoms with Crippen molar-refractivity contribution in [2.24, 2.45) is 0 Å². The monoisotopic (exact) mass is 795 g/mol. The Balaban J connectivity index is 1.18. The summed E-state index contributed by atoms with van der Waals surface area (Å²) in [6, 6.07) is 62.8. The van der Waals surface area contributed by atoms with Crippen LogP contribution >= 0.6 is 0 Å². The molecule has 0 unspecified atom stereocenters. The lowest BCUT2D eigenvalue weighted by Gasteiger charge is -2.35. The third-order valence-corrected chi connectivity index (χ3v) is 12.4. The van der Waals surface area contributed by atoms with Crippen molar-refractivity contribution >= 4 is 49.4 Å². The Bertz CT molecular complexity index is 3880. The van der Waals surface area contributed by atoms with Gasteiger partial charge in [-0.05, 0) is 136 Å². The zero-order valence-electron chi connectivity index (χ0n) is 41.5. The summed E-state index contributed by atoms with van der Waals surface area (Å²) in [5.41, 5.74) is 6.32. The molecule has 0 aromatic heterocycles. The minimum atomic E-state index is -0.874. The molecule has 1 aliphatic carbocycles. The molecular formula is C61H41N. The van der Waals surface area contributed by atoms with E-state index in [1.165, 1.54) is 4.90 Å². The molecule has 0 amide bonds. The summed E-state index contributed by atoms with van der Waals surface area (Å²) in [4.78, 5) is 1.47. The van der Waals surface area contributed by atoms with Gasteiger partial charge in [-0.2, -0.15) is 0 Å². The summed E-state index contributed by atoms with van der Waals surface area (Å²) in [7, 11) is 0. The normalized spacial score (nSPS) is 14.5. The SMILES string of the molecule is [2H]c1c([2H])c(-c2ccc3ccccc3c2)c([2H])c(N(c2ccc3c(c2)C(c2ccccc2)(c2ccccc2)c2ccccc2-3)c2c([2H])c([2H])c(-c3cc4ccccc4c4ccccc34)c([2H])c2[2H])c1[2H]. The zero-order chi connectivity index (χ0) is 48.0. The van der Waals surface area contributed by atoms with E-state index in [0.29, 0.717) is 16.8 Å². The highest BCUT2D eigenvalue weighted by molar-refractivity contribution is 6.13. The molecule has 11 aromatic rings. The van der Waals surface area contributed by atoms with E-state index >= 15 is 0 Å². The van der Waals surface area contributed by atoms with Crippen LogP contribution in [-0.4, -0.2) is 0 Å². The first-order valence-corrected chi connectivity index (χ1v) is 20.9. The van der Waals surface area contributed by atoms with Gasteiger partial charge >= 0.3 is 0 Å². The van der Waals surface area contributed by atoms with Gasteiger partial charge in [-0.1, -0.05) is 200 Å². The average Bonchev–Trinajstić information content (AvgIpc) is 3.70. The maximum atomic E-state index is 10.1. The molecule has 0 bridgehead atoms. The number of hydrogen-bond acceptors (Lipinski definition) is 1. The maximum absolute atomic E-state index is 10.1. The molecule has 11 aromatic carbocycles.